The molecule has 0 saturated carbocycles. The molecule has 16 heavy (non-hydrogen) atoms. The van der Waals surface area contributed by atoms with E-state index in [1.165, 1.54) is 4.90 Å². The summed E-state index contributed by atoms with van der Waals surface area (Å²) >= 11 is 5.79. The summed E-state index contributed by atoms with van der Waals surface area (Å²) in [5.41, 5.74) is 1.49. The summed E-state index contributed by atoms with van der Waals surface area (Å²) in [6, 6.07) is 1.77. The van der Waals surface area contributed by atoms with Crippen LogP contribution in [0.25, 0.3) is 0 Å². The number of aromatic nitrogens is 1. The van der Waals surface area contributed by atoms with Gasteiger partial charge in [-0.25, -0.2) is 9.78 Å². The summed E-state index contributed by atoms with van der Waals surface area (Å²) < 4.78 is 5.68. The molecule has 0 radical (unpaired) electrons. The van der Waals surface area contributed by atoms with Crippen molar-refractivity contribution in [3.05, 3.63) is 28.5 Å². The van der Waals surface area contributed by atoms with Crippen molar-refractivity contribution < 1.29 is 14.6 Å². The third kappa shape index (κ3) is 1.22. The van der Waals surface area contributed by atoms with Crippen LogP contribution in [-0.4, -0.2) is 34.2 Å². The molecule has 0 bridgehead atoms. The molecule has 0 atom stereocenters. The predicted octanol–water partition coefficient (Wildman–Crippen LogP) is 1.45. The molecule has 0 aliphatic carbocycles. The van der Waals surface area contributed by atoms with Crippen LogP contribution in [0.15, 0.2) is 12.3 Å². The fraction of sp³-hybridized carbons (Fsp3) is 0.400. The molecule has 1 saturated heterocycles. The van der Waals surface area contributed by atoms with Gasteiger partial charge in [0.25, 0.3) is 0 Å². The molecule has 0 aromatic carbocycles. The minimum Gasteiger partial charge on any atom is -0.465 e. The zero-order valence-corrected chi connectivity index (χ0v) is 9.07. The average molecular weight is 241 g/mol. The Morgan fingerprint density at radius 1 is 1.62 bits per heavy atom. The van der Waals surface area contributed by atoms with Gasteiger partial charge in [-0.2, -0.15) is 0 Å². The molecule has 5 nitrogen and oxygen atoms in total. The van der Waals surface area contributed by atoms with Crippen LogP contribution < -0.4 is 0 Å². The van der Waals surface area contributed by atoms with E-state index >= 15 is 0 Å². The largest absolute Gasteiger partial charge is 0.465 e. The lowest BCUT2D eigenvalue weighted by Crippen LogP contribution is -2.60. The molecule has 1 N–H and O–H groups in total. The molecule has 2 aliphatic rings. The van der Waals surface area contributed by atoms with Crippen molar-refractivity contribution in [1.82, 2.24) is 9.88 Å². The Labute approximate surface area is 96.6 Å². The van der Waals surface area contributed by atoms with Crippen LogP contribution in [0.1, 0.15) is 11.1 Å². The normalized spacial score (nSPS) is 20.7. The van der Waals surface area contributed by atoms with E-state index in [0.717, 1.165) is 11.1 Å². The SMILES string of the molecule is O=C(O)N1CC2(C1)OCc1cc(Cl)ncc12. The van der Waals surface area contributed by atoms with Gasteiger partial charge < -0.3 is 14.7 Å². The number of rotatable bonds is 0. The van der Waals surface area contributed by atoms with Gasteiger partial charge in [0.2, 0.25) is 0 Å². The minimum absolute atomic E-state index is 0.374. The fourth-order valence-electron chi connectivity index (χ4n) is 2.26. The van der Waals surface area contributed by atoms with E-state index in [1.54, 1.807) is 12.3 Å². The van der Waals surface area contributed by atoms with Crippen LogP contribution in [0.2, 0.25) is 5.15 Å². The lowest BCUT2D eigenvalue weighted by molar-refractivity contribution is -0.129. The summed E-state index contributed by atoms with van der Waals surface area (Å²) in [7, 11) is 0. The first-order valence-electron chi connectivity index (χ1n) is 4.87. The second kappa shape index (κ2) is 3.09. The average Bonchev–Trinajstić information content (AvgIpc) is 2.53. The fourth-order valence-corrected chi connectivity index (χ4v) is 2.44. The highest BCUT2D eigenvalue weighted by Gasteiger charge is 2.52. The minimum atomic E-state index is -0.912. The Bertz CT molecular complexity index is 471. The van der Waals surface area contributed by atoms with Gasteiger partial charge in [-0.3, -0.25) is 0 Å². The van der Waals surface area contributed by atoms with Crippen LogP contribution in [0, 0.1) is 0 Å². The van der Waals surface area contributed by atoms with Crippen LogP contribution in [0.4, 0.5) is 4.79 Å². The molecule has 2 aliphatic heterocycles. The topological polar surface area (TPSA) is 62.7 Å². The first-order valence-corrected chi connectivity index (χ1v) is 5.25. The van der Waals surface area contributed by atoms with Gasteiger partial charge in [-0.1, -0.05) is 11.6 Å². The first kappa shape index (κ1) is 9.86. The molecule has 6 heteroatoms. The van der Waals surface area contributed by atoms with Crippen molar-refractivity contribution in [3.8, 4) is 0 Å². The number of halogens is 1. The maximum Gasteiger partial charge on any atom is 0.407 e. The number of ether oxygens (including phenoxy) is 1. The Kier molecular flexibility index (Phi) is 1.90. The maximum atomic E-state index is 10.7. The van der Waals surface area contributed by atoms with Gasteiger partial charge in [0, 0.05) is 11.8 Å². The number of carboxylic acid groups (broad SMARTS) is 1. The van der Waals surface area contributed by atoms with E-state index < -0.39 is 11.7 Å². The molecular weight excluding hydrogens is 232 g/mol. The highest BCUT2D eigenvalue weighted by Crippen LogP contribution is 2.43. The molecule has 0 unspecified atom stereocenters. The molecular formula is C10H9ClN2O3. The van der Waals surface area contributed by atoms with E-state index in [2.05, 4.69) is 4.98 Å². The molecule has 1 spiro atoms. The van der Waals surface area contributed by atoms with Crippen molar-refractivity contribution >= 4 is 17.7 Å². The maximum absolute atomic E-state index is 10.7. The monoisotopic (exact) mass is 240 g/mol. The van der Waals surface area contributed by atoms with Crippen molar-refractivity contribution in [2.45, 2.75) is 12.2 Å². The smallest absolute Gasteiger partial charge is 0.407 e. The number of hydrogen-bond acceptors (Lipinski definition) is 3. The third-order valence-corrected chi connectivity index (χ3v) is 3.32. The number of pyridine rings is 1. The lowest BCUT2D eigenvalue weighted by Gasteiger charge is -2.45. The predicted molar refractivity (Wildman–Crippen MR) is 55.3 cm³/mol. The number of fused-ring (bicyclic) bond motifs is 2. The molecule has 1 aromatic heterocycles. The molecule has 1 fully saturated rings. The molecule has 1 aromatic rings. The van der Waals surface area contributed by atoms with Crippen LogP contribution >= 0.6 is 11.6 Å². The first-order chi connectivity index (χ1) is 7.61. The van der Waals surface area contributed by atoms with Crippen molar-refractivity contribution in [1.29, 1.82) is 0 Å². The van der Waals surface area contributed by atoms with E-state index in [-0.39, 0.29) is 0 Å². The van der Waals surface area contributed by atoms with E-state index in [4.69, 9.17) is 21.4 Å². The van der Waals surface area contributed by atoms with Gasteiger partial charge in [-0.15, -0.1) is 0 Å². The van der Waals surface area contributed by atoms with Crippen molar-refractivity contribution in [2.75, 3.05) is 13.1 Å². The number of amides is 1. The van der Waals surface area contributed by atoms with E-state index in [9.17, 15) is 4.79 Å². The van der Waals surface area contributed by atoms with Gasteiger partial charge in [0.05, 0.1) is 19.7 Å². The number of carbonyl (C=O) groups is 1. The van der Waals surface area contributed by atoms with Crippen molar-refractivity contribution in [2.24, 2.45) is 0 Å². The highest BCUT2D eigenvalue weighted by atomic mass is 35.5. The van der Waals surface area contributed by atoms with Crippen LogP contribution in [-0.2, 0) is 16.9 Å². The summed E-state index contributed by atoms with van der Waals surface area (Å²) in [4.78, 5) is 16.1. The summed E-state index contributed by atoms with van der Waals surface area (Å²) in [5, 5.41) is 9.24. The zero-order chi connectivity index (χ0) is 11.3. The summed E-state index contributed by atoms with van der Waals surface area (Å²) in [6.45, 7) is 1.22. The Hall–Kier alpha value is -1.33. The molecule has 3 heterocycles. The number of hydrogen-bond donors (Lipinski definition) is 1. The standard InChI is InChI=1S/C10H9ClN2O3/c11-8-1-6-3-16-10(7(6)2-12-8)4-13(5-10)9(14)15/h1-2H,3-5H2,(H,14,15). The van der Waals surface area contributed by atoms with Gasteiger partial charge in [-0.05, 0) is 11.6 Å². The molecule has 1 amide bonds. The van der Waals surface area contributed by atoms with E-state index in [0.29, 0.717) is 24.8 Å². The lowest BCUT2D eigenvalue weighted by atomic mass is 9.87. The van der Waals surface area contributed by atoms with Crippen molar-refractivity contribution in [3.63, 3.8) is 0 Å². The molecule has 3 rings (SSSR count). The third-order valence-electron chi connectivity index (χ3n) is 3.11. The quantitative estimate of drug-likeness (QED) is 0.698. The van der Waals surface area contributed by atoms with Gasteiger partial charge in [0.1, 0.15) is 10.8 Å². The van der Waals surface area contributed by atoms with Crippen LogP contribution in [0.3, 0.4) is 0 Å². The Morgan fingerprint density at radius 2 is 2.38 bits per heavy atom. The van der Waals surface area contributed by atoms with Gasteiger partial charge >= 0.3 is 6.09 Å². The molecule has 84 valence electrons. The number of likely N-dealkylation sites (tertiary alicyclic amines) is 1. The summed E-state index contributed by atoms with van der Waals surface area (Å²) in [6.07, 6.45) is 0.772. The Morgan fingerprint density at radius 3 is 3.06 bits per heavy atom. The second-order valence-electron chi connectivity index (χ2n) is 4.09. The number of nitrogens with zero attached hydrogens (tertiary/aromatic N) is 2. The summed E-state index contributed by atoms with van der Waals surface area (Å²) in [5.74, 6) is 0. The van der Waals surface area contributed by atoms with E-state index in [1.807, 2.05) is 0 Å². The zero-order valence-electron chi connectivity index (χ0n) is 8.31. The van der Waals surface area contributed by atoms with Gasteiger partial charge in [0.15, 0.2) is 0 Å². The second-order valence-corrected chi connectivity index (χ2v) is 4.47. The highest BCUT2D eigenvalue weighted by molar-refractivity contribution is 6.29. The van der Waals surface area contributed by atoms with Crippen LogP contribution in [0.5, 0.6) is 0 Å². The Balaban J connectivity index is 1.91.